The van der Waals surface area contributed by atoms with Gasteiger partial charge < -0.3 is 21.0 Å². The topological polar surface area (TPSA) is 115 Å². The number of hydrogen-bond acceptors (Lipinski definition) is 6. The number of allylic oxidation sites excluding steroid dienone is 1. The molecule has 0 unspecified atom stereocenters. The number of anilines is 1. The van der Waals surface area contributed by atoms with E-state index in [2.05, 4.69) is 28.9 Å². The maximum absolute atomic E-state index is 8.93. The van der Waals surface area contributed by atoms with Crippen LogP contribution in [0.4, 0.5) is 5.82 Å². The van der Waals surface area contributed by atoms with E-state index in [1.165, 1.54) is 7.05 Å². The molecule has 154 valence electrons. The van der Waals surface area contributed by atoms with E-state index in [4.69, 9.17) is 20.5 Å². The number of carbonyl (C=O) groups excluding carboxylic acids is 1. The molecular formula is C24H26N4O2. The highest BCUT2D eigenvalue weighted by Gasteiger charge is 2.07. The lowest BCUT2D eigenvalue weighted by atomic mass is 10.00. The summed E-state index contributed by atoms with van der Waals surface area (Å²) in [5.74, 6) is 1.33. The second-order valence-electron chi connectivity index (χ2n) is 5.81. The van der Waals surface area contributed by atoms with Crippen molar-refractivity contribution < 1.29 is 9.53 Å². The van der Waals surface area contributed by atoms with Crippen LogP contribution in [-0.2, 0) is 11.2 Å². The summed E-state index contributed by atoms with van der Waals surface area (Å²) in [4.78, 5) is 12.1. The Morgan fingerprint density at radius 1 is 1.13 bits per heavy atom. The molecule has 6 nitrogen and oxygen atoms in total. The van der Waals surface area contributed by atoms with Crippen molar-refractivity contribution in [1.29, 1.82) is 5.26 Å². The molecule has 0 radical (unpaired) electrons. The Morgan fingerprint density at radius 2 is 1.83 bits per heavy atom. The van der Waals surface area contributed by atoms with Gasteiger partial charge in [-0.25, -0.2) is 4.98 Å². The quantitative estimate of drug-likeness (QED) is 0.670. The first-order valence-corrected chi connectivity index (χ1v) is 9.12. The summed E-state index contributed by atoms with van der Waals surface area (Å²) < 4.78 is 5.56. The lowest BCUT2D eigenvalue weighted by Gasteiger charge is -2.10. The first-order chi connectivity index (χ1) is 14.7. The minimum absolute atomic E-state index is 0.525. The molecule has 0 saturated heterocycles. The van der Waals surface area contributed by atoms with Crippen LogP contribution in [0.2, 0.25) is 0 Å². The molecule has 0 aliphatic rings. The molecule has 4 N–H and O–H groups in total. The molecule has 2 aromatic carbocycles. The van der Waals surface area contributed by atoms with Gasteiger partial charge in [-0.05, 0) is 54.9 Å². The number of nitrogens with zero attached hydrogens (tertiary/aromatic N) is 2. The fourth-order valence-corrected chi connectivity index (χ4v) is 2.72. The van der Waals surface area contributed by atoms with Crippen molar-refractivity contribution >= 4 is 18.7 Å². The zero-order chi connectivity index (χ0) is 22.4. The molecular weight excluding hydrogens is 376 g/mol. The summed E-state index contributed by atoms with van der Waals surface area (Å²) in [6.45, 7) is 2.00. The van der Waals surface area contributed by atoms with Gasteiger partial charge in [0.2, 0.25) is 0 Å². The average molecular weight is 402 g/mol. The Labute approximate surface area is 177 Å². The molecule has 0 fully saturated rings. The van der Waals surface area contributed by atoms with Crippen LogP contribution >= 0.6 is 0 Å². The van der Waals surface area contributed by atoms with E-state index in [-0.39, 0.29) is 0 Å². The van der Waals surface area contributed by atoms with Gasteiger partial charge in [-0.2, -0.15) is 5.26 Å². The molecule has 3 aromatic rings. The fraction of sp³-hybridized carbons (Fsp3) is 0.125. The van der Waals surface area contributed by atoms with Gasteiger partial charge in [0.15, 0.2) is 0 Å². The van der Waals surface area contributed by atoms with E-state index < -0.39 is 0 Å². The number of methoxy groups -OCH3 is 1. The summed E-state index contributed by atoms with van der Waals surface area (Å²) in [6, 6.07) is 19.6. The number of benzene rings is 2. The smallest absolute Gasteiger partial charge is 0.130 e. The Bertz CT molecular complexity index is 993. The fourth-order valence-electron chi connectivity index (χ4n) is 2.72. The highest BCUT2D eigenvalue weighted by atomic mass is 16.5. The van der Waals surface area contributed by atoms with Gasteiger partial charge in [-0.15, -0.1) is 0 Å². The molecule has 0 aliphatic carbocycles. The Kier molecular flexibility index (Phi) is 10.7. The second-order valence-corrected chi connectivity index (χ2v) is 5.81. The number of aromatic nitrogens is 1. The molecule has 1 aromatic heterocycles. The van der Waals surface area contributed by atoms with Crippen molar-refractivity contribution in [3.63, 3.8) is 0 Å². The zero-order valence-electron chi connectivity index (χ0n) is 17.2. The molecule has 1 heterocycles. The van der Waals surface area contributed by atoms with Crippen LogP contribution in [-0.4, -0.2) is 25.9 Å². The largest absolute Gasteiger partial charge is 0.496 e. The number of nitrogen functional groups attached to an aromatic ring is 1. The second kappa shape index (κ2) is 13.3. The minimum atomic E-state index is 0.525. The van der Waals surface area contributed by atoms with Gasteiger partial charge >= 0.3 is 0 Å². The highest BCUT2D eigenvalue weighted by molar-refractivity contribution is 5.71. The third-order valence-electron chi connectivity index (χ3n) is 4.11. The standard InChI is InChI=1S/C22H19N3O.CH5N.CH2O/c1-26-21-14-16(4-2-5-19-6-3-13-25-22(19)24)9-12-20(21)18-10-7-17(15-23)8-11-18;2*1-2/h2-3,5-14H,4H2,1H3,(H2,24,25);2H2,1H3;1H2/b5-2-;;. The van der Waals surface area contributed by atoms with E-state index in [1.807, 2.05) is 61.4 Å². The SMILES string of the molecule is C=O.CN.COc1cc(C/C=C\c2cccnc2N)ccc1-c1ccc(C#N)cc1. The van der Waals surface area contributed by atoms with Crippen LogP contribution in [0.15, 0.2) is 66.9 Å². The molecule has 0 atom stereocenters. The molecule has 0 aliphatic heterocycles. The number of rotatable bonds is 5. The van der Waals surface area contributed by atoms with Gasteiger partial charge in [-0.1, -0.05) is 36.4 Å². The molecule has 0 spiro atoms. The minimum Gasteiger partial charge on any atom is -0.496 e. The number of ether oxygens (including phenoxy) is 1. The van der Waals surface area contributed by atoms with Crippen molar-refractivity contribution in [2.75, 3.05) is 19.9 Å². The van der Waals surface area contributed by atoms with Gasteiger partial charge in [-0.3, -0.25) is 0 Å². The van der Waals surface area contributed by atoms with Crippen LogP contribution < -0.4 is 16.2 Å². The van der Waals surface area contributed by atoms with Crippen molar-refractivity contribution in [2.24, 2.45) is 5.73 Å². The molecule has 30 heavy (non-hydrogen) atoms. The third-order valence-corrected chi connectivity index (χ3v) is 4.11. The number of carbonyl (C=O) groups is 1. The van der Waals surface area contributed by atoms with Crippen LogP contribution in [0.3, 0.4) is 0 Å². The van der Waals surface area contributed by atoms with Gasteiger partial charge in [0.1, 0.15) is 18.4 Å². The number of pyridine rings is 1. The zero-order valence-corrected chi connectivity index (χ0v) is 17.2. The van der Waals surface area contributed by atoms with E-state index in [0.717, 1.165) is 34.4 Å². The number of nitrogens with two attached hydrogens (primary N) is 2. The summed E-state index contributed by atoms with van der Waals surface area (Å²) in [5.41, 5.74) is 15.1. The summed E-state index contributed by atoms with van der Waals surface area (Å²) in [7, 11) is 3.17. The van der Waals surface area contributed by atoms with Gasteiger partial charge in [0.25, 0.3) is 0 Å². The van der Waals surface area contributed by atoms with E-state index >= 15 is 0 Å². The van der Waals surface area contributed by atoms with Crippen molar-refractivity contribution in [1.82, 2.24) is 4.98 Å². The van der Waals surface area contributed by atoms with Crippen LogP contribution in [0.1, 0.15) is 16.7 Å². The van der Waals surface area contributed by atoms with Crippen LogP contribution in [0.5, 0.6) is 5.75 Å². The number of nitriles is 1. The lowest BCUT2D eigenvalue weighted by molar-refractivity contribution is -0.0979. The van der Waals surface area contributed by atoms with Crippen molar-refractivity contribution in [3.8, 4) is 22.9 Å². The summed E-state index contributed by atoms with van der Waals surface area (Å²) in [6.07, 6.45) is 6.48. The van der Waals surface area contributed by atoms with Gasteiger partial charge in [0.05, 0.1) is 18.7 Å². The molecule has 0 saturated carbocycles. The first kappa shape index (κ1) is 24.1. The van der Waals surface area contributed by atoms with E-state index in [9.17, 15) is 0 Å². The Morgan fingerprint density at radius 3 is 2.43 bits per heavy atom. The maximum atomic E-state index is 8.93. The number of hydrogen-bond donors (Lipinski definition) is 2. The molecule has 0 amide bonds. The van der Waals surface area contributed by atoms with Gasteiger partial charge in [0, 0.05) is 17.3 Å². The highest BCUT2D eigenvalue weighted by Crippen LogP contribution is 2.31. The first-order valence-electron chi connectivity index (χ1n) is 9.12. The monoisotopic (exact) mass is 402 g/mol. The van der Waals surface area contributed by atoms with Crippen LogP contribution in [0, 0.1) is 11.3 Å². The Balaban J connectivity index is 0.00000106. The molecule has 6 heteroatoms. The summed E-state index contributed by atoms with van der Waals surface area (Å²) in [5, 5.41) is 8.93. The van der Waals surface area contributed by atoms with Crippen molar-refractivity contribution in [2.45, 2.75) is 6.42 Å². The predicted octanol–water partition coefficient (Wildman–Crippen LogP) is 3.86. The maximum Gasteiger partial charge on any atom is 0.130 e. The van der Waals surface area contributed by atoms with E-state index in [0.29, 0.717) is 11.4 Å². The molecule has 0 bridgehead atoms. The van der Waals surface area contributed by atoms with E-state index in [1.54, 1.807) is 13.3 Å². The predicted molar refractivity (Wildman–Crippen MR) is 122 cm³/mol. The summed E-state index contributed by atoms with van der Waals surface area (Å²) >= 11 is 0. The normalized spacial score (nSPS) is 9.53. The lowest BCUT2D eigenvalue weighted by Crippen LogP contribution is -1.92. The molecule has 3 rings (SSSR count). The van der Waals surface area contributed by atoms with Crippen molar-refractivity contribution in [3.05, 3.63) is 83.6 Å². The third kappa shape index (κ3) is 6.59. The average Bonchev–Trinajstić information content (AvgIpc) is 2.83. The Hall–Kier alpha value is -3.95. The van der Waals surface area contributed by atoms with Crippen LogP contribution in [0.25, 0.3) is 17.2 Å².